The molecule has 88 valence electrons. The first-order valence-corrected chi connectivity index (χ1v) is 5.41. The van der Waals surface area contributed by atoms with E-state index in [4.69, 9.17) is 5.73 Å². The van der Waals surface area contributed by atoms with Gasteiger partial charge in [0.25, 0.3) is 0 Å². The van der Waals surface area contributed by atoms with E-state index in [1.165, 1.54) is 0 Å². The Hall–Kier alpha value is -2.17. The molecule has 3 N–H and O–H groups in total. The van der Waals surface area contributed by atoms with Crippen LogP contribution >= 0.6 is 0 Å². The number of nitrogen functional groups attached to an aromatic ring is 1. The Morgan fingerprint density at radius 1 is 1.24 bits per heavy atom. The predicted molar refractivity (Wildman–Crippen MR) is 67.5 cm³/mol. The Morgan fingerprint density at radius 2 is 2.06 bits per heavy atom. The highest BCUT2D eigenvalue weighted by molar-refractivity contribution is 5.54. The maximum atomic E-state index is 5.78. The van der Waals surface area contributed by atoms with Crippen molar-refractivity contribution in [1.29, 1.82) is 0 Å². The molecule has 0 atom stereocenters. The van der Waals surface area contributed by atoms with Gasteiger partial charge in [-0.1, -0.05) is 6.07 Å². The van der Waals surface area contributed by atoms with E-state index in [1.807, 2.05) is 32.0 Å². The Bertz CT molecular complexity index is 510. The SMILES string of the molecule is Cc1nc(N)c(C)c(NCc2ccccn2)n1. The molecule has 0 saturated heterocycles. The van der Waals surface area contributed by atoms with E-state index in [-0.39, 0.29) is 0 Å². The Kier molecular flexibility index (Phi) is 3.18. The van der Waals surface area contributed by atoms with Crippen molar-refractivity contribution < 1.29 is 0 Å². The minimum Gasteiger partial charge on any atom is -0.383 e. The van der Waals surface area contributed by atoms with Crippen molar-refractivity contribution in [1.82, 2.24) is 15.0 Å². The molecule has 5 nitrogen and oxygen atoms in total. The van der Waals surface area contributed by atoms with Gasteiger partial charge in [-0.15, -0.1) is 0 Å². The Labute approximate surface area is 100 Å². The molecule has 0 bridgehead atoms. The first-order chi connectivity index (χ1) is 8.16. The molecule has 0 saturated carbocycles. The van der Waals surface area contributed by atoms with Crippen molar-refractivity contribution in [2.24, 2.45) is 0 Å². The van der Waals surface area contributed by atoms with E-state index in [9.17, 15) is 0 Å². The number of anilines is 2. The van der Waals surface area contributed by atoms with Crippen LogP contribution in [0.25, 0.3) is 0 Å². The summed E-state index contributed by atoms with van der Waals surface area (Å²) in [6, 6.07) is 5.80. The van der Waals surface area contributed by atoms with Crippen LogP contribution in [-0.2, 0) is 6.54 Å². The molecule has 0 aliphatic carbocycles. The maximum absolute atomic E-state index is 5.78. The monoisotopic (exact) mass is 229 g/mol. The third-order valence-electron chi connectivity index (χ3n) is 2.46. The average molecular weight is 229 g/mol. The first-order valence-electron chi connectivity index (χ1n) is 5.41. The van der Waals surface area contributed by atoms with Crippen LogP contribution in [0, 0.1) is 13.8 Å². The largest absolute Gasteiger partial charge is 0.383 e. The van der Waals surface area contributed by atoms with Gasteiger partial charge in [0.05, 0.1) is 12.2 Å². The Balaban J connectivity index is 2.14. The summed E-state index contributed by atoms with van der Waals surface area (Å²) in [6.45, 7) is 4.34. The van der Waals surface area contributed by atoms with E-state index in [0.29, 0.717) is 18.2 Å². The summed E-state index contributed by atoms with van der Waals surface area (Å²) in [5.74, 6) is 1.94. The van der Waals surface area contributed by atoms with Gasteiger partial charge in [-0.25, -0.2) is 9.97 Å². The van der Waals surface area contributed by atoms with Crippen molar-refractivity contribution in [2.45, 2.75) is 20.4 Å². The number of rotatable bonds is 3. The predicted octanol–water partition coefficient (Wildman–Crippen LogP) is 1.68. The highest BCUT2D eigenvalue weighted by Crippen LogP contribution is 2.17. The second-order valence-electron chi connectivity index (χ2n) is 3.80. The molecule has 0 unspecified atom stereocenters. The van der Waals surface area contributed by atoms with Crippen molar-refractivity contribution in [3.05, 3.63) is 41.5 Å². The fraction of sp³-hybridized carbons (Fsp3) is 0.250. The number of nitrogens with one attached hydrogen (secondary N) is 1. The van der Waals surface area contributed by atoms with Crippen LogP contribution in [0.1, 0.15) is 17.1 Å². The molecule has 17 heavy (non-hydrogen) atoms. The molecule has 0 fully saturated rings. The number of nitrogens with two attached hydrogens (primary N) is 1. The van der Waals surface area contributed by atoms with Gasteiger partial charge in [0, 0.05) is 11.8 Å². The van der Waals surface area contributed by atoms with Crippen molar-refractivity contribution in [3.63, 3.8) is 0 Å². The van der Waals surface area contributed by atoms with E-state index < -0.39 is 0 Å². The minimum atomic E-state index is 0.515. The number of aryl methyl sites for hydroxylation is 1. The summed E-state index contributed by atoms with van der Waals surface area (Å²) in [4.78, 5) is 12.6. The number of nitrogens with zero attached hydrogens (tertiary/aromatic N) is 3. The van der Waals surface area contributed by atoms with Gasteiger partial charge in [-0.3, -0.25) is 4.98 Å². The van der Waals surface area contributed by atoms with Crippen LogP contribution in [0.15, 0.2) is 24.4 Å². The van der Waals surface area contributed by atoms with Gasteiger partial charge < -0.3 is 11.1 Å². The van der Waals surface area contributed by atoms with Crippen LogP contribution in [0.4, 0.5) is 11.6 Å². The Morgan fingerprint density at radius 3 is 2.76 bits per heavy atom. The van der Waals surface area contributed by atoms with E-state index in [1.54, 1.807) is 6.20 Å². The van der Waals surface area contributed by atoms with Crippen molar-refractivity contribution in [2.75, 3.05) is 11.1 Å². The quantitative estimate of drug-likeness (QED) is 0.837. The van der Waals surface area contributed by atoms with Gasteiger partial charge >= 0.3 is 0 Å². The standard InChI is InChI=1S/C12H15N5/c1-8-11(13)16-9(2)17-12(8)15-7-10-5-3-4-6-14-10/h3-6H,7H2,1-2H3,(H3,13,15,16,17). The number of pyridine rings is 1. The zero-order chi connectivity index (χ0) is 12.3. The summed E-state index contributed by atoms with van der Waals surface area (Å²) in [5, 5.41) is 3.22. The molecule has 0 aliphatic rings. The molecule has 2 rings (SSSR count). The lowest BCUT2D eigenvalue weighted by atomic mass is 10.3. The third-order valence-corrected chi connectivity index (χ3v) is 2.46. The highest BCUT2D eigenvalue weighted by Gasteiger charge is 2.06. The van der Waals surface area contributed by atoms with Gasteiger partial charge in [0.2, 0.25) is 0 Å². The van der Waals surface area contributed by atoms with Crippen LogP contribution in [-0.4, -0.2) is 15.0 Å². The molecule has 2 aromatic heterocycles. The van der Waals surface area contributed by atoms with Crippen LogP contribution in [0.2, 0.25) is 0 Å². The van der Waals surface area contributed by atoms with Crippen molar-refractivity contribution >= 4 is 11.6 Å². The smallest absolute Gasteiger partial charge is 0.135 e. The summed E-state index contributed by atoms with van der Waals surface area (Å²) in [6.07, 6.45) is 1.77. The lowest BCUT2D eigenvalue weighted by Crippen LogP contribution is -2.08. The van der Waals surface area contributed by atoms with Gasteiger partial charge in [-0.05, 0) is 26.0 Å². The van der Waals surface area contributed by atoms with Crippen LogP contribution < -0.4 is 11.1 Å². The molecule has 0 aliphatic heterocycles. The minimum absolute atomic E-state index is 0.515. The zero-order valence-corrected chi connectivity index (χ0v) is 9.94. The average Bonchev–Trinajstić information content (AvgIpc) is 2.33. The molecule has 0 aromatic carbocycles. The van der Waals surface area contributed by atoms with Crippen LogP contribution in [0.3, 0.4) is 0 Å². The fourth-order valence-electron chi connectivity index (χ4n) is 1.50. The summed E-state index contributed by atoms with van der Waals surface area (Å²) >= 11 is 0. The van der Waals surface area contributed by atoms with E-state index in [2.05, 4.69) is 20.3 Å². The normalized spacial score (nSPS) is 10.2. The summed E-state index contributed by atoms with van der Waals surface area (Å²) < 4.78 is 0. The second kappa shape index (κ2) is 4.78. The molecule has 0 amide bonds. The third kappa shape index (κ3) is 2.69. The van der Waals surface area contributed by atoms with E-state index in [0.717, 1.165) is 17.1 Å². The molecule has 5 heteroatoms. The second-order valence-corrected chi connectivity index (χ2v) is 3.80. The first kappa shape index (κ1) is 11.3. The summed E-state index contributed by atoms with van der Waals surface area (Å²) in [5.41, 5.74) is 7.61. The molecule has 0 radical (unpaired) electrons. The fourth-order valence-corrected chi connectivity index (χ4v) is 1.50. The van der Waals surface area contributed by atoms with Gasteiger partial charge in [-0.2, -0.15) is 0 Å². The number of aromatic nitrogens is 3. The maximum Gasteiger partial charge on any atom is 0.135 e. The number of hydrogen-bond donors (Lipinski definition) is 2. The molecular formula is C12H15N5. The lowest BCUT2D eigenvalue weighted by Gasteiger charge is -2.10. The molecule has 0 spiro atoms. The summed E-state index contributed by atoms with van der Waals surface area (Å²) in [7, 11) is 0. The van der Waals surface area contributed by atoms with Crippen LogP contribution in [0.5, 0.6) is 0 Å². The van der Waals surface area contributed by atoms with Crippen molar-refractivity contribution in [3.8, 4) is 0 Å². The molecule has 2 aromatic rings. The highest BCUT2D eigenvalue weighted by atomic mass is 15.1. The molecule has 2 heterocycles. The molecular weight excluding hydrogens is 214 g/mol. The lowest BCUT2D eigenvalue weighted by molar-refractivity contribution is 0.985. The van der Waals surface area contributed by atoms with Gasteiger partial charge in [0.1, 0.15) is 17.5 Å². The zero-order valence-electron chi connectivity index (χ0n) is 9.94. The van der Waals surface area contributed by atoms with Gasteiger partial charge in [0.15, 0.2) is 0 Å². The topological polar surface area (TPSA) is 76.7 Å². The number of hydrogen-bond acceptors (Lipinski definition) is 5. The van der Waals surface area contributed by atoms with E-state index >= 15 is 0 Å².